The van der Waals surface area contributed by atoms with Gasteiger partial charge in [-0.05, 0) is 61.2 Å². The van der Waals surface area contributed by atoms with Gasteiger partial charge in [-0.1, -0.05) is 73.7 Å². The Labute approximate surface area is 268 Å². The van der Waals surface area contributed by atoms with Crippen LogP contribution < -0.4 is 21.1 Å². The Bertz CT molecular complexity index is 1660. The Balaban J connectivity index is 1.36. The van der Waals surface area contributed by atoms with E-state index < -0.39 is 29.8 Å². The molecule has 3 atom stereocenters. The van der Waals surface area contributed by atoms with Gasteiger partial charge in [0.15, 0.2) is 0 Å². The maximum absolute atomic E-state index is 14.1. The molecule has 46 heavy (non-hydrogen) atoms. The first-order chi connectivity index (χ1) is 22.4. The van der Waals surface area contributed by atoms with Gasteiger partial charge in [0, 0.05) is 42.2 Å². The normalized spacial score (nSPS) is 16.8. The van der Waals surface area contributed by atoms with E-state index in [0.717, 1.165) is 11.1 Å². The molecule has 0 bridgehead atoms. The lowest BCUT2D eigenvalue weighted by Gasteiger charge is -2.40. The largest absolute Gasteiger partial charge is 0.457 e. The second kappa shape index (κ2) is 15.4. The highest BCUT2D eigenvalue weighted by Crippen LogP contribution is 2.40. The molecule has 1 heterocycles. The highest BCUT2D eigenvalue weighted by Gasteiger charge is 2.38. The van der Waals surface area contributed by atoms with Crippen LogP contribution in [-0.4, -0.2) is 35.2 Å². The first kappa shape index (κ1) is 32.5. The number of nitrogens with zero attached hydrogens (tertiary/aromatic N) is 1. The molecule has 1 aliphatic heterocycles. The minimum absolute atomic E-state index is 0.149. The van der Waals surface area contributed by atoms with Gasteiger partial charge >= 0.3 is 0 Å². The molecule has 9 heteroatoms. The maximum Gasteiger partial charge on any atom is 0.254 e. The second-order valence-electron chi connectivity index (χ2n) is 11.4. The van der Waals surface area contributed by atoms with Crippen molar-refractivity contribution in [3.8, 4) is 11.5 Å². The van der Waals surface area contributed by atoms with Gasteiger partial charge in [-0.15, -0.1) is 0 Å². The van der Waals surface area contributed by atoms with Crippen molar-refractivity contribution in [1.29, 1.82) is 0 Å². The number of piperidine rings is 1. The molecule has 0 aliphatic carbocycles. The number of nitrogens with one attached hydrogen (secondary N) is 2. The zero-order chi connectivity index (χ0) is 32.5. The average Bonchev–Trinajstić information content (AvgIpc) is 3.09. The molecule has 0 spiro atoms. The Hall–Kier alpha value is -4.86. The fourth-order valence-electron chi connectivity index (χ4n) is 5.81. The number of hydrogen-bond donors (Lipinski definition) is 3. The van der Waals surface area contributed by atoms with Crippen molar-refractivity contribution in [2.24, 2.45) is 11.7 Å². The predicted octanol–water partition coefficient (Wildman–Crippen LogP) is 5.88. The van der Waals surface area contributed by atoms with Crippen molar-refractivity contribution in [3.05, 3.63) is 131 Å². The Kier molecular flexibility index (Phi) is 10.9. The van der Waals surface area contributed by atoms with Crippen molar-refractivity contribution in [2.75, 3.05) is 6.54 Å². The van der Waals surface area contributed by atoms with Crippen molar-refractivity contribution in [2.45, 2.75) is 51.4 Å². The lowest BCUT2D eigenvalue weighted by Crippen LogP contribution is -2.50. The molecule has 0 radical (unpaired) electrons. The summed E-state index contributed by atoms with van der Waals surface area (Å²) in [7, 11) is 0. The number of hydrogen-bond acceptors (Lipinski definition) is 6. The molecule has 3 unspecified atom stereocenters. The van der Waals surface area contributed by atoms with E-state index in [-0.39, 0.29) is 18.3 Å². The first-order valence-corrected chi connectivity index (χ1v) is 15.6. The average molecular weight is 623 g/mol. The number of nitrogens with two attached hydrogens (primary N) is 1. The van der Waals surface area contributed by atoms with Gasteiger partial charge in [-0.3, -0.25) is 19.7 Å². The minimum atomic E-state index is -0.683. The van der Waals surface area contributed by atoms with Crippen LogP contribution in [0.5, 0.6) is 11.5 Å². The monoisotopic (exact) mass is 622 g/mol. The van der Waals surface area contributed by atoms with Gasteiger partial charge in [-0.2, -0.15) is 0 Å². The number of imide groups is 1. The third kappa shape index (κ3) is 7.85. The van der Waals surface area contributed by atoms with Crippen LogP contribution >= 0.6 is 0 Å². The zero-order valence-electron chi connectivity index (χ0n) is 25.8. The molecular formula is C37H39FN4O4. The summed E-state index contributed by atoms with van der Waals surface area (Å²) in [6, 6.07) is 29.2. The summed E-state index contributed by atoms with van der Waals surface area (Å²) in [6.07, 6.45) is 1.09. The molecule has 1 saturated heterocycles. The van der Waals surface area contributed by atoms with Gasteiger partial charge in [0.2, 0.25) is 11.8 Å². The number of benzene rings is 4. The molecule has 4 N–H and O–H groups in total. The van der Waals surface area contributed by atoms with E-state index >= 15 is 0 Å². The molecule has 4 aromatic rings. The molecule has 5 rings (SSSR count). The number of carbonyl (C=O) groups excluding carboxylic acids is 3. The van der Waals surface area contributed by atoms with Gasteiger partial charge in [0.1, 0.15) is 17.3 Å². The number of ether oxygens (including phenoxy) is 1. The highest BCUT2D eigenvalue weighted by molar-refractivity contribution is 5.99. The van der Waals surface area contributed by atoms with Gasteiger partial charge in [0.05, 0.1) is 12.1 Å². The minimum Gasteiger partial charge on any atom is -0.457 e. The summed E-state index contributed by atoms with van der Waals surface area (Å²) in [5.41, 5.74) is 8.50. The fourth-order valence-corrected chi connectivity index (χ4v) is 5.81. The highest BCUT2D eigenvalue weighted by atomic mass is 19.1. The maximum atomic E-state index is 14.1. The molecule has 1 aliphatic rings. The molecule has 3 amide bonds. The Morgan fingerprint density at radius 3 is 2.46 bits per heavy atom. The van der Waals surface area contributed by atoms with E-state index in [1.165, 1.54) is 6.07 Å². The van der Waals surface area contributed by atoms with E-state index in [9.17, 15) is 18.8 Å². The molecule has 0 aromatic heterocycles. The summed E-state index contributed by atoms with van der Waals surface area (Å²) in [4.78, 5) is 42.3. The van der Waals surface area contributed by atoms with E-state index in [4.69, 9.17) is 10.5 Å². The Morgan fingerprint density at radius 1 is 0.957 bits per heavy atom. The van der Waals surface area contributed by atoms with E-state index in [0.29, 0.717) is 55.0 Å². The number of halogens is 1. The zero-order valence-corrected chi connectivity index (χ0v) is 25.8. The Morgan fingerprint density at radius 2 is 1.70 bits per heavy atom. The van der Waals surface area contributed by atoms with E-state index in [2.05, 4.69) is 10.6 Å². The van der Waals surface area contributed by atoms with E-state index in [1.54, 1.807) is 35.2 Å². The summed E-state index contributed by atoms with van der Waals surface area (Å²) in [5.74, 6) is -0.738. The van der Waals surface area contributed by atoms with Crippen LogP contribution in [0, 0.1) is 11.7 Å². The van der Waals surface area contributed by atoms with E-state index in [1.807, 2.05) is 73.7 Å². The lowest BCUT2D eigenvalue weighted by molar-refractivity contribution is -0.135. The molecule has 238 valence electrons. The van der Waals surface area contributed by atoms with Crippen LogP contribution in [-0.2, 0) is 22.7 Å². The predicted molar refractivity (Wildman–Crippen MR) is 174 cm³/mol. The van der Waals surface area contributed by atoms with Crippen molar-refractivity contribution in [3.63, 3.8) is 0 Å². The van der Waals surface area contributed by atoms with Gasteiger partial charge in [-0.25, -0.2) is 4.39 Å². The second-order valence-corrected chi connectivity index (χ2v) is 11.4. The van der Waals surface area contributed by atoms with Crippen molar-refractivity contribution >= 4 is 17.7 Å². The standard InChI is InChI=1S/C37H39FN4O4/c1-2-32(40-24-28-14-6-8-17-31(28)38)36(44)41-35(43)27-19-20-42(37(45)26-12-4-3-5-13-26)33(22-27)30-16-7-9-18-34(30)46-29-15-10-11-25(21-29)23-39/h3-18,21,27,32-33,40H,2,19-20,22-24,39H2,1H3,(H,41,43,44). The number of para-hydroxylation sites is 1. The molecule has 1 fully saturated rings. The van der Waals surface area contributed by atoms with Crippen LogP contribution in [0.1, 0.15) is 59.3 Å². The van der Waals surface area contributed by atoms with Gasteiger partial charge in [0.25, 0.3) is 5.91 Å². The summed E-state index contributed by atoms with van der Waals surface area (Å²) < 4.78 is 20.5. The number of amides is 3. The molecule has 8 nitrogen and oxygen atoms in total. The van der Waals surface area contributed by atoms with Crippen LogP contribution in [0.15, 0.2) is 103 Å². The number of carbonyl (C=O) groups is 3. The molecule has 0 saturated carbocycles. The molecule has 4 aromatic carbocycles. The summed E-state index contributed by atoms with van der Waals surface area (Å²) in [6.45, 7) is 2.66. The van der Waals surface area contributed by atoms with Crippen LogP contribution in [0.3, 0.4) is 0 Å². The third-order valence-electron chi connectivity index (χ3n) is 8.36. The van der Waals surface area contributed by atoms with Crippen LogP contribution in [0.25, 0.3) is 0 Å². The third-order valence-corrected chi connectivity index (χ3v) is 8.36. The van der Waals surface area contributed by atoms with Crippen LogP contribution in [0.2, 0.25) is 0 Å². The molecular weight excluding hydrogens is 583 g/mol. The SMILES string of the molecule is CCC(NCc1ccccc1F)C(=O)NC(=O)C1CCN(C(=O)c2ccccc2)C(c2ccccc2Oc2cccc(CN)c2)C1. The summed E-state index contributed by atoms with van der Waals surface area (Å²) in [5, 5.41) is 5.65. The van der Waals surface area contributed by atoms with Gasteiger partial charge < -0.3 is 20.7 Å². The van der Waals surface area contributed by atoms with Crippen LogP contribution in [0.4, 0.5) is 4.39 Å². The summed E-state index contributed by atoms with van der Waals surface area (Å²) >= 11 is 0. The van der Waals surface area contributed by atoms with Crippen molar-refractivity contribution in [1.82, 2.24) is 15.5 Å². The first-order valence-electron chi connectivity index (χ1n) is 15.6. The number of likely N-dealkylation sites (tertiary alicyclic amines) is 1. The lowest BCUT2D eigenvalue weighted by atomic mass is 9.85. The number of rotatable bonds is 11. The topological polar surface area (TPSA) is 114 Å². The van der Waals surface area contributed by atoms with Crippen molar-refractivity contribution < 1.29 is 23.5 Å². The quantitative estimate of drug-likeness (QED) is 0.193. The smallest absolute Gasteiger partial charge is 0.254 e. The fraction of sp³-hybridized carbons (Fsp3) is 0.270.